The monoisotopic (exact) mass is 461 g/mol. The lowest BCUT2D eigenvalue weighted by molar-refractivity contribution is -0.671. The van der Waals surface area contributed by atoms with Gasteiger partial charge in [0, 0.05) is 29.8 Å². The van der Waals surface area contributed by atoms with Crippen LogP contribution in [0.1, 0.15) is 55.8 Å². The number of aromatic nitrogens is 1. The normalized spacial score (nSPS) is 13.3. The Kier molecular flexibility index (Phi) is 8.48. The van der Waals surface area contributed by atoms with Gasteiger partial charge in [-0.1, -0.05) is 0 Å². The lowest BCUT2D eigenvalue weighted by Gasteiger charge is -2.15. The largest absolute Gasteiger partial charge is 0.673 e. The minimum atomic E-state index is -6.00. The van der Waals surface area contributed by atoms with Crippen molar-refractivity contribution in [1.29, 1.82) is 0 Å². The van der Waals surface area contributed by atoms with Crippen molar-refractivity contribution in [2.75, 3.05) is 0 Å². The molecule has 0 unspecified atom stereocenters. The van der Waals surface area contributed by atoms with Crippen molar-refractivity contribution in [3.8, 4) is 11.1 Å². The Balaban J connectivity index is 0.000000859. The summed E-state index contributed by atoms with van der Waals surface area (Å²) in [5.74, 6) is 1.25. The highest BCUT2D eigenvalue weighted by molar-refractivity contribution is 6.50. The van der Waals surface area contributed by atoms with Crippen LogP contribution in [0.25, 0.3) is 11.1 Å². The predicted molar refractivity (Wildman–Crippen MR) is 107 cm³/mol. The summed E-state index contributed by atoms with van der Waals surface area (Å²) in [4.78, 5) is 0. The molecule has 176 valence electrons. The first-order valence-corrected chi connectivity index (χ1v) is 9.11. The fourth-order valence-electron chi connectivity index (χ4n) is 1.90. The van der Waals surface area contributed by atoms with Gasteiger partial charge in [0.25, 0.3) is 0 Å². The second-order valence-corrected chi connectivity index (χ2v) is 8.63. The Labute approximate surface area is 180 Å². The summed E-state index contributed by atoms with van der Waals surface area (Å²) in [6.45, 7) is 12.2. The smallest absolute Gasteiger partial charge is 0.418 e. The zero-order valence-corrected chi connectivity index (χ0v) is 18.3. The third-order valence-electron chi connectivity index (χ3n) is 3.31. The second-order valence-electron chi connectivity index (χ2n) is 8.63. The van der Waals surface area contributed by atoms with Gasteiger partial charge in [-0.2, -0.15) is 0 Å². The van der Waals surface area contributed by atoms with Crippen LogP contribution in [0.15, 0.2) is 41.0 Å². The van der Waals surface area contributed by atoms with E-state index in [9.17, 15) is 34.5 Å². The van der Waals surface area contributed by atoms with Gasteiger partial charge in [0.2, 0.25) is 0 Å². The molecule has 2 rings (SSSR count). The van der Waals surface area contributed by atoms with E-state index >= 15 is 0 Å². The van der Waals surface area contributed by atoms with Crippen LogP contribution in [0.5, 0.6) is 0 Å². The molecule has 0 amide bonds. The Morgan fingerprint density at radius 3 is 1.26 bits per heavy atom. The van der Waals surface area contributed by atoms with E-state index in [0.29, 0.717) is 29.2 Å². The van der Waals surface area contributed by atoms with Gasteiger partial charge in [0.05, 0.1) is 13.6 Å². The van der Waals surface area contributed by atoms with Gasteiger partial charge in [0.1, 0.15) is 7.05 Å². The fourth-order valence-corrected chi connectivity index (χ4v) is 1.90. The number of rotatable bonds is 1. The fraction of sp³-hybridized carbons (Fsp3) is 0.474. The molecule has 2 nitrogen and oxygen atoms in total. The molecule has 0 spiro atoms. The minimum absolute atomic E-state index is 0.293. The number of nitrogens with zero attached hydrogens (tertiary/aromatic N) is 1. The molecule has 0 saturated heterocycles. The molecule has 0 aliphatic heterocycles. The maximum absolute atomic E-state index is 9.75. The molecule has 0 atom stereocenters. The average molecular weight is 461 g/mol. The van der Waals surface area contributed by atoms with Crippen LogP contribution in [-0.4, -0.2) is 14.5 Å². The first-order valence-electron chi connectivity index (χ1n) is 10.1. The summed E-state index contributed by atoms with van der Waals surface area (Å²) in [7, 11) is -10.0. The van der Waals surface area contributed by atoms with Crippen LogP contribution in [0.4, 0.5) is 34.5 Å². The van der Waals surface area contributed by atoms with E-state index in [1.165, 1.54) is 0 Å². The maximum atomic E-state index is 9.75. The molecule has 0 saturated carbocycles. The van der Waals surface area contributed by atoms with Gasteiger partial charge in [-0.15, -0.1) is 0 Å². The van der Waals surface area contributed by atoms with Crippen molar-refractivity contribution in [3.63, 3.8) is 0 Å². The van der Waals surface area contributed by atoms with E-state index in [4.69, 9.17) is 7.16 Å². The van der Waals surface area contributed by atoms with E-state index in [1.807, 2.05) is 77.7 Å². The van der Waals surface area contributed by atoms with E-state index in [2.05, 4.69) is 0 Å². The van der Waals surface area contributed by atoms with Gasteiger partial charge in [-0.25, -0.2) is 8.98 Å². The summed E-state index contributed by atoms with van der Waals surface area (Å²) >= 11 is 0. The summed E-state index contributed by atoms with van der Waals surface area (Å²) in [5.41, 5.74) is 0.939. The summed E-state index contributed by atoms with van der Waals surface area (Å²) in [6.07, 6.45) is 3.87. The molecule has 12 heteroatoms. The third kappa shape index (κ3) is 14.5. The van der Waals surface area contributed by atoms with Crippen molar-refractivity contribution >= 4 is 14.5 Å². The van der Waals surface area contributed by atoms with E-state index in [1.54, 1.807) is 0 Å². The van der Waals surface area contributed by atoms with Gasteiger partial charge >= 0.3 is 26.0 Å². The van der Waals surface area contributed by atoms with E-state index < -0.39 is 14.5 Å². The standard InChI is InChI=1S/C19H27NO.2BF4/c1-18(2,3)16-12-15(13-17(21-16)19(4,5)6)14-8-10-20(7)11-9-14;2*2-1(3,4)5/h8-13H,1-7H3;;/q+2;2*-1/i12D,13D;;. The lowest BCUT2D eigenvalue weighted by atomic mass is 9.87. The molecule has 2 aromatic rings. The van der Waals surface area contributed by atoms with Gasteiger partial charge in [-0.3, -0.25) is 0 Å². The van der Waals surface area contributed by atoms with Crippen molar-refractivity contribution in [3.05, 3.63) is 48.1 Å². The molecular weight excluding hydrogens is 432 g/mol. The SMILES string of the molecule is F[B-](F)(F)F.F[B-](F)(F)F.[2H]c1c(C(C)(C)C)[o+]c(C(C)(C)C)c([2H])c1-c1cc[n+](C)cc1. The number of aryl methyl sites for hydroxylation is 1. The number of hydrogen-bond donors (Lipinski definition) is 0. The number of hydrogen-bond acceptors (Lipinski definition) is 0. The van der Waals surface area contributed by atoms with Gasteiger partial charge < -0.3 is 34.5 Å². The van der Waals surface area contributed by atoms with Crippen molar-refractivity contribution in [1.82, 2.24) is 0 Å². The van der Waals surface area contributed by atoms with E-state index in [0.717, 1.165) is 5.56 Å². The molecule has 0 aromatic carbocycles. The zero-order chi connectivity index (χ0) is 26.6. The van der Waals surface area contributed by atoms with Crippen LogP contribution in [-0.2, 0) is 17.9 Å². The van der Waals surface area contributed by atoms with Crippen molar-refractivity contribution in [2.45, 2.75) is 52.4 Å². The molecule has 2 heterocycles. The highest BCUT2D eigenvalue weighted by Gasteiger charge is 2.34. The van der Waals surface area contributed by atoms with Crippen LogP contribution >= 0.6 is 0 Å². The summed E-state index contributed by atoms with van der Waals surface area (Å²) in [6, 6.07) is 4.52. The van der Waals surface area contributed by atoms with Gasteiger partial charge in [0.15, 0.2) is 12.4 Å². The van der Waals surface area contributed by atoms with Crippen molar-refractivity contribution < 1.29 is 46.3 Å². The minimum Gasteiger partial charge on any atom is -0.418 e. The van der Waals surface area contributed by atoms with Crippen LogP contribution in [0, 0.1) is 0 Å². The topological polar surface area (TPSA) is 15.2 Å². The molecule has 2 aromatic heterocycles. The first kappa shape index (κ1) is 25.1. The Hall–Kier alpha value is -2.13. The Morgan fingerprint density at radius 1 is 0.710 bits per heavy atom. The molecule has 0 radical (unpaired) electrons. The highest BCUT2D eigenvalue weighted by atomic mass is 19.5. The maximum Gasteiger partial charge on any atom is 0.673 e. The van der Waals surface area contributed by atoms with E-state index in [-0.39, 0.29) is 10.8 Å². The van der Waals surface area contributed by atoms with Crippen molar-refractivity contribution in [2.24, 2.45) is 7.05 Å². The summed E-state index contributed by atoms with van der Waals surface area (Å²) in [5, 5.41) is 0. The molecule has 0 aliphatic rings. The lowest BCUT2D eigenvalue weighted by Crippen LogP contribution is -2.25. The molecule has 0 bridgehead atoms. The Bertz CT molecular complexity index is 860. The number of pyridine rings is 1. The Morgan fingerprint density at radius 2 is 1.00 bits per heavy atom. The summed E-state index contributed by atoms with van der Waals surface area (Å²) < 4.78 is 103. The predicted octanol–water partition coefficient (Wildman–Crippen LogP) is 7.25. The van der Waals surface area contributed by atoms with Crippen LogP contribution < -0.4 is 4.57 Å². The second kappa shape index (κ2) is 10.5. The van der Waals surface area contributed by atoms with Crippen LogP contribution in [0.3, 0.4) is 0 Å². The molecule has 0 fully saturated rings. The van der Waals surface area contributed by atoms with Gasteiger partial charge in [-0.05, 0) is 47.1 Å². The highest BCUT2D eigenvalue weighted by Crippen LogP contribution is 2.33. The zero-order valence-electron chi connectivity index (χ0n) is 20.3. The van der Waals surface area contributed by atoms with Crippen LogP contribution in [0.2, 0.25) is 0 Å². The molecule has 0 N–H and O–H groups in total. The third-order valence-corrected chi connectivity index (χ3v) is 3.31. The molecular formula is C19H27B2F8NO. The molecule has 31 heavy (non-hydrogen) atoms. The number of halogens is 8. The average Bonchev–Trinajstić information content (AvgIpc) is 2.51. The quantitative estimate of drug-likeness (QED) is 0.189. The first-order chi connectivity index (χ1) is 14.4. The molecule has 0 aliphatic carbocycles.